The zero-order valence-corrected chi connectivity index (χ0v) is 8.18. The molecule has 1 aliphatic rings. The van der Waals surface area contributed by atoms with Crippen molar-refractivity contribution < 1.29 is 4.74 Å². The molecule has 0 aromatic heterocycles. The summed E-state index contributed by atoms with van der Waals surface area (Å²) in [4.78, 5) is 2.20. The highest BCUT2D eigenvalue weighted by Crippen LogP contribution is 2.02. The highest BCUT2D eigenvalue weighted by atomic mass is 16.5. The summed E-state index contributed by atoms with van der Waals surface area (Å²) in [6.07, 6.45) is 2.72. The van der Waals surface area contributed by atoms with Gasteiger partial charge in [0.25, 0.3) is 0 Å². The normalized spacial score (nSPS) is 25.8. The van der Waals surface area contributed by atoms with Crippen molar-refractivity contribution in [3.05, 3.63) is 0 Å². The lowest BCUT2D eigenvalue weighted by molar-refractivity contribution is 0.0563. The molecule has 0 aromatic carbocycles. The Morgan fingerprint density at radius 3 is 3.08 bits per heavy atom. The molecule has 1 rings (SSSR count). The van der Waals surface area contributed by atoms with Crippen LogP contribution in [0.1, 0.15) is 12.8 Å². The van der Waals surface area contributed by atoms with Crippen LogP contribution in [0.3, 0.4) is 0 Å². The Bertz CT molecular complexity index is 109. The highest BCUT2D eigenvalue weighted by molar-refractivity contribution is 4.66. The smallest absolute Gasteiger partial charge is 0.0711 e. The van der Waals surface area contributed by atoms with Crippen molar-refractivity contribution in [1.29, 1.82) is 0 Å². The van der Waals surface area contributed by atoms with Crippen LogP contribution in [0.25, 0.3) is 0 Å². The van der Waals surface area contributed by atoms with E-state index in [0.717, 1.165) is 39.1 Å². The predicted octanol–water partition coefficient (Wildman–Crippen LogP) is 0.317. The molecule has 0 amide bonds. The zero-order valence-electron chi connectivity index (χ0n) is 8.18. The fraction of sp³-hybridized carbons (Fsp3) is 1.00. The molecule has 1 fully saturated rings. The lowest BCUT2D eigenvalue weighted by Gasteiger charge is -2.17. The first kappa shape index (κ1) is 9.96. The Hall–Kier alpha value is -0.120. The Labute approximate surface area is 75.1 Å². The number of nitrogens with one attached hydrogen (secondary N) is 1. The fourth-order valence-electron chi connectivity index (χ4n) is 1.36. The standard InChI is InChI=1S/C9H20N2O/c1-11(2)6-4-9-8-10-5-3-7-12-9/h9-10H,3-8H2,1-2H3. The molecule has 0 aromatic rings. The molecule has 0 bridgehead atoms. The quantitative estimate of drug-likeness (QED) is 0.663. The second-order valence-corrected chi connectivity index (χ2v) is 3.64. The second kappa shape index (κ2) is 5.51. The number of nitrogens with zero attached hydrogens (tertiary/aromatic N) is 1. The lowest BCUT2D eigenvalue weighted by Crippen LogP contribution is -2.29. The average Bonchev–Trinajstić information content (AvgIpc) is 2.28. The van der Waals surface area contributed by atoms with Crippen LogP contribution in [0, 0.1) is 0 Å². The molecule has 0 radical (unpaired) electrons. The second-order valence-electron chi connectivity index (χ2n) is 3.64. The number of hydrogen-bond donors (Lipinski definition) is 1. The summed E-state index contributed by atoms with van der Waals surface area (Å²) >= 11 is 0. The maximum Gasteiger partial charge on any atom is 0.0711 e. The SMILES string of the molecule is CN(C)CCC1CNCCCO1. The van der Waals surface area contributed by atoms with Gasteiger partial charge < -0.3 is 15.0 Å². The van der Waals surface area contributed by atoms with Gasteiger partial charge in [-0.15, -0.1) is 0 Å². The Morgan fingerprint density at radius 2 is 2.33 bits per heavy atom. The molecule has 0 aliphatic carbocycles. The average molecular weight is 172 g/mol. The van der Waals surface area contributed by atoms with Gasteiger partial charge in [-0.25, -0.2) is 0 Å². The lowest BCUT2D eigenvalue weighted by atomic mass is 10.2. The minimum atomic E-state index is 0.426. The molecule has 0 spiro atoms. The van der Waals surface area contributed by atoms with E-state index in [2.05, 4.69) is 24.3 Å². The molecule has 1 N–H and O–H groups in total. The molecule has 12 heavy (non-hydrogen) atoms. The van der Waals surface area contributed by atoms with Crippen molar-refractivity contribution in [2.24, 2.45) is 0 Å². The van der Waals surface area contributed by atoms with Crippen molar-refractivity contribution in [2.75, 3.05) is 40.3 Å². The molecule has 1 unspecified atom stereocenters. The molecule has 1 atom stereocenters. The molecular weight excluding hydrogens is 152 g/mol. The predicted molar refractivity (Wildman–Crippen MR) is 50.4 cm³/mol. The molecule has 3 nitrogen and oxygen atoms in total. The third kappa shape index (κ3) is 4.04. The van der Waals surface area contributed by atoms with E-state index in [1.54, 1.807) is 0 Å². The van der Waals surface area contributed by atoms with Crippen molar-refractivity contribution >= 4 is 0 Å². The van der Waals surface area contributed by atoms with Gasteiger partial charge >= 0.3 is 0 Å². The van der Waals surface area contributed by atoms with E-state index >= 15 is 0 Å². The van der Waals surface area contributed by atoms with Gasteiger partial charge in [0.1, 0.15) is 0 Å². The number of rotatable bonds is 3. The third-order valence-electron chi connectivity index (χ3n) is 2.12. The monoisotopic (exact) mass is 172 g/mol. The zero-order chi connectivity index (χ0) is 8.81. The van der Waals surface area contributed by atoms with Crippen molar-refractivity contribution in [3.63, 3.8) is 0 Å². The van der Waals surface area contributed by atoms with Crippen LogP contribution in [0.5, 0.6) is 0 Å². The van der Waals surface area contributed by atoms with Crippen LogP contribution >= 0.6 is 0 Å². The molecule has 72 valence electrons. The summed E-state index contributed by atoms with van der Waals surface area (Å²) in [6.45, 7) is 4.17. The van der Waals surface area contributed by atoms with Crippen LogP contribution in [0.15, 0.2) is 0 Å². The van der Waals surface area contributed by atoms with Gasteiger partial charge in [-0.2, -0.15) is 0 Å². The summed E-state index contributed by atoms with van der Waals surface area (Å²) in [7, 11) is 4.20. The van der Waals surface area contributed by atoms with Crippen LogP contribution in [-0.4, -0.2) is 51.3 Å². The summed E-state index contributed by atoms with van der Waals surface area (Å²) in [6, 6.07) is 0. The van der Waals surface area contributed by atoms with Crippen LogP contribution in [0.4, 0.5) is 0 Å². The highest BCUT2D eigenvalue weighted by Gasteiger charge is 2.11. The Morgan fingerprint density at radius 1 is 1.50 bits per heavy atom. The largest absolute Gasteiger partial charge is 0.377 e. The topological polar surface area (TPSA) is 24.5 Å². The first-order valence-corrected chi connectivity index (χ1v) is 4.76. The van der Waals surface area contributed by atoms with Crippen molar-refractivity contribution in [1.82, 2.24) is 10.2 Å². The minimum absolute atomic E-state index is 0.426. The van der Waals surface area contributed by atoms with Crippen molar-refractivity contribution in [3.8, 4) is 0 Å². The van der Waals surface area contributed by atoms with E-state index < -0.39 is 0 Å². The van der Waals surface area contributed by atoms with Crippen LogP contribution in [-0.2, 0) is 4.74 Å². The van der Waals surface area contributed by atoms with E-state index in [-0.39, 0.29) is 0 Å². The molecule has 1 aliphatic heterocycles. The van der Waals surface area contributed by atoms with E-state index in [1.807, 2.05) is 0 Å². The van der Waals surface area contributed by atoms with Crippen LogP contribution < -0.4 is 5.32 Å². The van der Waals surface area contributed by atoms with E-state index in [4.69, 9.17) is 4.74 Å². The molecule has 1 saturated heterocycles. The minimum Gasteiger partial charge on any atom is -0.377 e. The van der Waals surface area contributed by atoms with Gasteiger partial charge in [0.05, 0.1) is 6.10 Å². The van der Waals surface area contributed by atoms with Gasteiger partial charge in [0, 0.05) is 19.7 Å². The number of hydrogen-bond acceptors (Lipinski definition) is 3. The Kier molecular flexibility index (Phi) is 4.58. The summed E-state index contributed by atoms with van der Waals surface area (Å²) in [5.41, 5.74) is 0. The van der Waals surface area contributed by atoms with Crippen molar-refractivity contribution in [2.45, 2.75) is 18.9 Å². The van der Waals surface area contributed by atoms with Crippen LogP contribution in [0.2, 0.25) is 0 Å². The van der Waals surface area contributed by atoms with Gasteiger partial charge in [-0.3, -0.25) is 0 Å². The third-order valence-corrected chi connectivity index (χ3v) is 2.12. The first-order valence-electron chi connectivity index (χ1n) is 4.76. The molecule has 1 heterocycles. The molecule has 3 heteroatoms. The van der Waals surface area contributed by atoms with Gasteiger partial charge in [-0.1, -0.05) is 0 Å². The maximum absolute atomic E-state index is 5.66. The van der Waals surface area contributed by atoms with Gasteiger partial charge in [0.15, 0.2) is 0 Å². The summed E-state index contributed by atoms with van der Waals surface area (Å²) < 4.78 is 5.66. The van der Waals surface area contributed by atoms with E-state index in [0.29, 0.717) is 6.10 Å². The van der Waals surface area contributed by atoms with Gasteiger partial charge in [-0.05, 0) is 33.5 Å². The number of ether oxygens (including phenoxy) is 1. The van der Waals surface area contributed by atoms with E-state index in [1.165, 1.54) is 0 Å². The Balaban J connectivity index is 2.12. The fourth-order valence-corrected chi connectivity index (χ4v) is 1.36. The first-order chi connectivity index (χ1) is 5.79. The molecular formula is C9H20N2O. The summed E-state index contributed by atoms with van der Waals surface area (Å²) in [5, 5.41) is 3.38. The molecule has 0 saturated carbocycles. The summed E-state index contributed by atoms with van der Waals surface area (Å²) in [5.74, 6) is 0. The maximum atomic E-state index is 5.66. The van der Waals surface area contributed by atoms with Gasteiger partial charge in [0.2, 0.25) is 0 Å². The van der Waals surface area contributed by atoms with E-state index in [9.17, 15) is 0 Å².